The number of anilines is 1. The average molecular weight is 252 g/mol. The van der Waals surface area contributed by atoms with Crippen LogP contribution in [0.1, 0.15) is 23.2 Å². The molecule has 1 amide bonds. The maximum Gasteiger partial charge on any atom is 0.335 e. The molecular weight excluding hydrogens is 239 g/mol. The van der Waals surface area contributed by atoms with Crippen LogP contribution in [0.5, 0.6) is 0 Å². The molecule has 1 saturated heterocycles. The van der Waals surface area contributed by atoms with Crippen LogP contribution in [0, 0.1) is 5.82 Å². The molecule has 0 unspecified atom stereocenters. The van der Waals surface area contributed by atoms with Crippen molar-refractivity contribution in [2.75, 3.05) is 11.9 Å². The Kier molecular flexibility index (Phi) is 3.57. The van der Waals surface area contributed by atoms with Crippen molar-refractivity contribution in [2.24, 2.45) is 0 Å². The summed E-state index contributed by atoms with van der Waals surface area (Å²) in [6.45, 7) is 0.776. The normalized spacial score (nSPS) is 18.6. The lowest BCUT2D eigenvalue weighted by Crippen LogP contribution is -2.35. The number of carboxylic acids is 1. The Morgan fingerprint density at radius 1 is 1.44 bits per heavy atom. The molecule has 1 fully saturated rings. The second-order valence-corrected chi connectivity index (χ2v) is 4.14. The molecule has 0 aromatic heterocycles. The number of carbonyl (C=O) groups excluding carboxylic acids is 1. The molecule has 6 heteroatoms. The van der Waals surface area contributed by atoms with Crippen molar-refractivity contribution < 1.29 is 19.1 Å². The van der Waals surface area contributed by atoms with E-state index >= 15 is 0 Å². The third-order valence-electron chi connectivity index (χ3n) is 2.85. The molecule has 0 radical (unpaired) electrons. The van der Waals surface area contributed by atoms with Gasteiger partial charge in [-0.2, -0.15) is 0 Å². The Morgan fingerprint density at radius 2 is 2.22 bits per heavy atom. The van der Waals surface area contributed by atoms with Gasteiger partial charge in [0.2, 0.25) is 5.91 Å². The molecule has 0 bridgehead atoms. The molecule has 1 aliphatic rings. The van der Waals surface area contributed by atoms with Crippen molar-refractivity contribution in [3.8, 4) is 0 Å². The molecule has 1 atom stereocenters. The molecule has 1 aromatic rings. The van der Waals surface area contributed by atoms with Gasteiger partial charge in [0.15, 0.2) is 0 Å². The van der Waals surface area contributed by atoms with Crippen molar-refractivity contribution in [3.63, 3.8) is 0 Å². The number of benzene rings is 1. The number of hydrogen-bond acceptors (Lipinski definition) is 3. The molecule has 2 rings (SSSR count). The van der Waals surface area contributed by atoms with Crippen molar-refractivity contribution in [1.82, 2.24) is 5.32 Å². The first kappa shape index (κ1) is 12.5. The minimum absolute atomic E-state index is 0.00120. The molecule has 0 aliphatic carbocycles. The van der Waals surface area contributed by atoms with Crippen LogP contribution in [0.4, 0.5) is 10.1 Å². The van der Waals surface area contributed by atoms with Gasteiger partial charge in [-0.25, -0.2) is 9.18 Å². The minimum Gasteiger partial charge on any atom is -0.478 e. The van der Waals surface area contributed by atoms with E-state index in [-0.39, 0.29) is 23.2 Å². The second-order valence-electron chi connectivity index (χ2n) is 4.14. The molecule has 1 aromatic carbocycles. The van der Waals surface area contributed by atoms with Crippen molar-refractivity contribution in [3.05, 3.63) is 29.6 Å². The topological polar surface area (TPSA) is 78.4 Å². The van der Waals surface area contributed by atoms with Gasteiger partial charge in [0.05, 0.1) is 17.3 Å². The lowest BCUT2D eigenvalue weighted by molar-refractivity contribution is -0.117. The van der Waals surface area contributed by atoms with Crippen LogP contribution in [-0.4, -0.2) is 29.6 Å². The number of nitrogens with one attached hydrogen (secondary N) is 2. The number of hydrogen-bond donors (Lipinski definition) is 3. The Hall–Kier alpha value is -1.95. The fraction of sp³-hybridized carbons (Fsp3) is 0.333. The summed E-state index contributed by atoms with van der Waals surface area (Å²) < 4.78 is 13.6. The number of rotatable bonds is 3. The first-order valence-corrected chi connectivity index (χ1v) is 5.65. The predicted molar refractivity (Wildman–Crippen MR) is 63.0 cm³/mol. The Labute approximate surface area is 103 Å². The Morgan fingerprint density at radius 3 is 2.78 bits per heavy atom. The zero-order chi connectivity index (χ0) is 13.1. The van der Waals surface area contributed by atoms with Crippen molar-refractivity contribution in [1.29, 1.82) is 0 Å². The van der Waals surface area contributed by atoms with E-state index in [1.165, 1.54) is 12.1 Å². The summed E-state index contributed by atoms with van der Waals surface area (Å²) >= 11 is 0. The predicted octanol–water partition coefficient (Wildman–Crippen LogP) is 1.21. The molecule has 0 saturated carbocycles. The molecule has 1 heterocycles. The number of carboxylic acid groups (broad SMARTS) is 1. The molecule has 1 aliphatic heterocycles. The fourth-order valence-corrected chi connectivity index (χ4v) is 1.88. The van der Waals surface area contributed by atoms with Crippen molar-refractivity contribution in [2.45, 2.75) is 18.9 Å². The SMILES string of the molecule is O=C(O)c1ccc(NC(=O)[C@H]2CCCN2)c(F)c1. The van der Waals surface area contributed by atoms with E-state index in [9.17, 15) is 14.0 Å². The largest absolute Gasteiger partial charge is 0.478 e. The van der Waals surface area contributed by atoms with Crippen molar-refractivity contribution >= 4 is 17.6 Å². The molecular formula is C12H13FN2O3. The van der Waals surface area contributed by atoms with Crippen LogP contribution in [0.25, 0.3) is 0 Å². The van der Waals surface area contributed by atoms with Gasteiger partial charge in [-0.1, -0.05) is 0 Å². The summed E-state index contributed by atoms with van der Waals surface area (Å²) in [5.74, 6) is -2.25. The van der Waals surface area contributed by atoms with E-state index in [2.05, 4.69) is 10.6 Å². The fourth-order valence-electron chi connectivity index (χ4n) is 1.88. The summed E-state index contributed by atoms with van der Waals surface area (Å²) in [6.07, 6.45) is 1.64. The summed E-state index contributed by atoms with van der Waals surface area (Å²) in [5, 5.41) is 14.1. The van der Waals surface area contributed by atoms with Gasteiger partial charge in [0, 0.05) is 0 Å². The average Bonchev–Trinajstić information content (AvgIpc) is 2.85. The minimum atomic E-state index is -1.20. The Balaban J connectivity index is 2.09. The third-order valence-corrected chi connectivity index (χ3v) is 2.85. The van der Waals surface area contributed by atoms with Crippen LogP contribution in [0.15, 0.2) is 18.2 Å². The summed E-state index contributed by atoms with van der Waals surface area (Å²) in [7, 11) is 0. The highest BCUT2D eigenvalue weighted by Crippen LogP contribution is 2.17. The number of amides is 1. The Bertz CT molecular complexity index is 484. The number of halogens is 1. The van der Waals surface area contributed by atoms with Crippen LogP contribution < -0.4 is 10.6 Å². The molecule has 18 heavy (non-hydrogen) atoms. The maximum absolute atomic E-state index is 13.6. The van der Waals surface area contributed by atoms with Gasteiger partial charge in [-0.3, -0.25) is 4.79 Å². The van der Waals surface area contributed by atoms with Gasteiger partial charge in [0.25, 0.3) is 0 Å². The monoisotopic (exact) mass is 252 g/mol. The van der Waals surface area contributed by atoms with Gasteiger partial charge < -0.3 is 15.7 Å². The van der Waals surface area contributed by atoms with E-state index in [1.54, 1.807) is 0 Å². The lowest BCUT2D eigenvalue weighted by atomic mass is 10.1. The van der Waals surface area contributed by atoms with Gasteiger partial charge in [-0.05, 0) is 37.6 Å². The zero-order valence-corrected chi connectivity index (χ0v) is 9.57. The van der Waals surface area contributed by atoms with Gasteiger partial charge in [-0.15, -0.1) is 0 Å². The van der Waals surface area contributed by atoms with E-state index < -0.39 is 11.8 Å². The third kappa shape index (κ3) is 2.65. The van der Waals surface area contributed by atoms with E-state index in [4.69, 9.17) is 5.11 Å². The zero-order valence-electron chi connectivity index (χ0n) is 9.57. The summed E-state index contributed by atoms with van der Waals surface area (Å²) in [5.41, 5.74) is -0.150. The molecule has 96 valence electrons. The first-order valence-electron chi connectivity index (χ1n) is 5.65. The van der Waals surface area contributed by atoms with Crippen LogP contribution in [0.3, 0.4) is 0 Å². The maximum atomic E-state index is 13.6. The highest BCUT2D eigenvalue weighted by molar-refractivity contribution is 5.96. The first-order chi connectivity index (χ1) is 8.58. The number of carbonyl (C=O) groups is 2. The highest BCUT2D eigenvalue weighted by atomic mass is 19.1. The van der Waals surface area contributed by atoms with Crippen LogP contribution in [0.2, 0.25) is 0 Å². The highest BCUT2D eigenvalue weighted by Gasteiger charge is 2.22. The van der Waals surface area contributed by atoms with Crippen LogP contribution >= 0.6 is 0 Å². The van der Waals surface area contributed by atoms with E-state index in [0.29, 0.717) is 0 Å². The van der Waals surface area contributed by atoms with E-state index in [0.717, 1.165) is 25.5 Å². The number of aromatic carboxylic acids is 1. The molecule has 3 N–H and O–H groups in total. The molecule has 5 nitrogen and oxygen atoms in total. The smallest absolute Gasteiger partial charge is 0.335 e. The summed E-state index contributed by atoms with van der Waals surface area (Å²) in [4.78, 5) is 22.4. The standard InChI is InChI=1S/C12H13FN2O3/c13-8-6-7(12(17)18)3-4-9(8)15-11(16)10-2-1-5-14-10/h3-4,6,10,14H,1-2,5H2,(H,15,16)(H,17,18)/t10-/m1/s1. The summed E-state index contributed by atoms with van der Waals surface area (Å²) in [6, 6.07) is 3.10. The van der Waals surface area contributed by atoms with Crippen LogP contribution in [-0.2, 0) is 4.79 Å². The quantitative estimate of drug-likeness (QED) is 0.755. The van der Waals surface area contributed by atoms with Gasteiger partial charge in [0.1, 0.15) is 5.82 Å². The molecule has 0 spiro atoms. The van der Waals surface area contributed by atoms with Gasteiger partial charge >= 0.3 is 5.97 Å². The lowest BCUT2D eigenvalue weighted by Gasteiger charge is -2.11. The second kappa shape index (κ2) is 5.14. The van der Waals surface area contributed by atoms with E-state index in [1.807, 2.05) is 0 Å².